The van der Waals surface area contributed by atoms with Crippen LogP contribution in [0.4, 0.5) is 0 Å². The smallest absolute Gasteiger partial charge is 0.814 e. The van der Waals surface area contributed by atoms with Crippen LogP contribution in [0.1, 0.15) is 25.0 Å². The first-order chi connectivity index (χ1) is 14.0. The van der Waals surface area contributed by atoms with Gasteiger partial charge in [-0.25, -0.2) is 12.4 Å². The summed E-state index contributed by atoms with van der Waals surface area (Å²) in [5.41, 5.74) is 4.35. The maximum atomic E-state index is 7.44. The predicted molar refractivity (Wildman–Crippen MR) is 125 cm³/mol. The predicted octanol–water partition coefficient (Wildman–Crippen LogP) is 5.29. The zero-order chi connectivity index (χ0) is 21.9. The van der Waals surface area contributed by atoms with Crippen LogP contribution < -0.4 is 0 Å². The van der Waals surface area contributed by atoms with Crippen molar-refractivity contribution in [1.29, 1.82) is 0 Å². The average molecular weight is 490 g/mol. The molecule has 2 heterocycles. The van der Waals surface area contributed by atoms with Gasteiger partial charge in [0.1, 0.15) is 0 Å². The molecule has 1 aromatic carbocycles. The number of rotatable bonds is 3. The molecule has 0 saturated heterocycles. The molecule has 5 nitrogen and oxygen atoms in total. The standard InChI is InChI=1S/C10H8N2.C10H14N.2C2H4N.Ru/c1-3-7-11-9(5-1)10-6-2-4-8-12-10;1-9-4-6-10(7-5-9)8-11(2)3;2*1-2-3;/h1-8H;4-6H,8H2,1-3H3;2*2H,1H3;/q;3*-1;+4. The zero-order valence-electron chi connectivity index (χ0n) is 18.3. The molecule has 0 aliphatic heterocycles. The van der Waals surface area contributed by atoms with Gasteiger partial charge in [0.15, 0.2) is 0 Å². The average Bonchev–Trinajstić information content (AvgIpc) is 2.72. The summed E-state index contributed by atoms with van der Waals surface area (Å²) in [6, 6.07) is 21.1. The molecule has 0 unspecified atom stereocenters. The Kier molecular flexibility index (Phi) is 19.5. The van der Waals surface area contributed by atoms with E-state index in [0.717, 1.165) is 30.4 Å². The molecule has 0 N–H and O–H groups in total. The van der Waals surface area contributed by atoms with Gasteiger partial charge in [0.2, 0.25) is 0 Å². The molecule has 0 fully saturated rings. The third-order valence-electron chi connectivity index (χ3n) is 3.11. The summed E-state index contributed by atoms with van der Waals surface area (Å²) in [5.74, 6) is 0. The van der Waals surface area contributed by atoms with Crippen LogP contribution in [0.15, 0.2) is 67.0 Å². The fourth-order valence-electron chi connectivity index (χ4n) is 2.00. The van der Waals surface area contributed by atoms with E-state index in [1.54, 1.807) is 26.2 Å². The summed E-state index contributed by atoms with van der Waals surface area (Å²) in [5, 5.41) is 14.9. The zero-order valence-corrected chi connectivity index (χ0v) is 20.0. The van der Waals surface area contributed by atoms with Gasteiger partial charge in [-0.3, -0.25) is 9.97 Å². The Bertz CT molecular complexity index is 732. The molecule has 0 aliphatic rings. The van der Waals surface area contributed by atoms with Gasteiger partial charge in [0.05, 0.1) is 11.4 Å². The van der Waals surface area contributed by atoms with Crippen LogP contribution in [0.5, 0.6) is 0 Å². The summed E-state index contributed by atoms with van der Waals surface area (Å²) in [6.45, 7) is 6.16. The third kappa shape index (κ3) is 15.4. The molecule has 30 heavy (non-hydrogen) atoms. The topological polar surface area (TPSA) is 73.6 Å². The molecular weight excluding hydrogens is 459 g/mol. The van der Waals surface area contributed by atoms with Crippen molar-refractivity contribution < 1.29 is 19.5 Å². The van der Waals surface area contributed by atoms with Gasteiger partial charge in [-0.1, -0.05) is 32.9 Å². The molecule has 0 amide bonds. The van der Waals surface area contributed by atoms with E-state index in [9.17, 15) is 0 Å². The molecule has 158 valence electrons. The monoisotopic (exact) mass is 490 g/mol. The summed E-state index contributed by atoms with van der Waals surface area (Å²) >= 11 is 0. The van der Waals surface area contributed by atoms with Crippen molar-refractivity contribution in [3.8, 4) is 11.4 Å². The number of aryl methyl sites for hydroxylation is 1. The van der Waals surface area contributed by atoms with E-state index in [4.69, 9.17) is 10.8 Å². The maximum absolute atomic E-state index is 7.44. The van der Waals surface area contributed by atoms with Gasteiger partial charge in [-0.2, -0.15) is 29.8 Å². The largest absolute Gasteiger partial charge is 4.00 e. The molecule has 0 aliphatic carbocycles. The second kappa shape index (κ2) is 19.7. The van der Waals surface area contributed by atoms with Crippen molar-refractivity contribution in [2.75, 3.05) is 14.1 Å². The number of benzene rings is 1. The molecule has 2 aromatic heterocycles. The van der Waals surface area contributed by atoms with Crippen molar-refractivity contribution in [2.45, 2.75) is 27.3 Å². The van der Waals surface area contributed by atoms with Crippen LogP contribution in [0.2, 0.25) is 0 Å². The van der Waals surface area contributed by atoms with Gasteiger partial charge in [0.25, 0.3) is 0 Å². The first-order valence-corrected chi connectivity index (χ1v) is 9.26. The van der Waals surface area contributed by atoms with Gasteiger partial charge in [0, 0.05) is 18.9 Å². The van der Waals surface area contributed by atoms with Crippen LogP contribution in [-0.2, 0) is 26.0 Å². The molecule has 6 heteroatoms. The van der Waals surface area contributed by atoms with Gasteiger partial charge >= 0.3 is 19.5 Å². The van der Waals surface area contributed by atoms with Gasteiger partial charge in [-0.05, 0) is 38.4 Å². The minimum atomic E-state index is 0. The SMILES string of the molecule is CC=[N-].CC=[N-].Cc1c[c-]c(CN(C)C)cc1.[Ru+4].c1ccc(-c2ccccn2)nc1. The molecule has 0 spiro atoms. The fourth-order valence-corrected chi connectivity index (χ4v) is 2.00. The van der Waals surface area contributed by atoms with E-state index in [2.05, 4.69) is 54.1 Å². The number of nitrogens with zero attached hydrogens (tertiary/aromatic N) is 5. The Morgan fingerprint density at radius 2 is 1.33 bits per heavy atom. The van der Waals surface area contributed by atoms with Crippen LogP contribution in [-0.4, -0.2) is 41.4 Å². The Balaban J connectivity index is 0. The first-order valence-electron chi connectivity index (χ1n) is 9.26. The Morgan fingerprint density at radius 3 is 1.63 bits per heavy atom. The minimum Gasteiger partial charge on any atom is -0.814 e. The molecule has 3 aromatic rings. The summed E-state index contributed by atoms with van der Waals surface area (Å²) in [4.78, 5) is 10.5. The van der Waals surface area contributed by atoms with Gasteiger partial charge in [-0.15, -0.1) is 5.56 Å². The van der Waals surface area contributed by atoms with Crippen molar-refractivity contribution >= 4 is 12.4 Å². The summed E-state index contributed by atoms with van der Waals surface area (Å²) in [6.07, 6.45) is 5.54. The maximum Gasteiger partial charge on any atom is 4.00 e. The van der Waals surface area contributed by atoms with Gasteiger partial charge < -0.3 is 15.7 Å². The second-order valence-electron chi connectivity index (χ2n) is 6.08. The Hall–Kier alpha value is -2.56. The van der Waals surface area contributed by atoms with Crippen molar-refractivity contribution in [3.63, 3.8) is 0 Å². The number of pyridine rings is 2. The van der Waals surface area contributed by atoms with Crippen LogP contribution in [0.3, 0.4) is 0 Å². The van der Waals surface area contributed by atoms with Crippen molar-refractivity contribution in [2.24, 2.45) is 0 Å². The quantitative estimate of drug-likeness (QED) is 0.285. The Labute approximate surface area is 194 Å². The van der Waals surface area contributed by atoms with Crippen LogP contribution in [0, 0.1) is 13.0 Å². The van der Waals surface area contributed by atoms with E-state index in [0.29, 0.717) is 0 Å². The minimum absolute atomic E-state index is 0. The van der Waals surface area contributed by atoms with E-state index in [1.807, 2.05) is 42.5 Å². The van der Waals surface area contributed by atoms with Crippen molar-refractivity contribution in [1.82, 2.24) is 14.9 Å². The molecule has 0 radical (unpaired) electrons. The molecule has 0 saturated carbocycles. The van der Waals surface area contributed by atoms with E-state index in [1.165, 1.54) is 11.1 Å². The number of hydrogen-bond donors (Lipinski definition) is 0. The normalized spacial score (nSPS) is 8.60. The van der Waals surface area contributed by atoms with E-state index < -0.39 is 0 Å². The molecule has 3 rings (SSSR count). The van der Waals surface area contributed by atoms with E-state index >= 15 is 0 Å². The molecule has 0 atom stereocenters. The number of aromatic nitrogens is 2. The van der Waals surface area contributed by atoms with E-state index in [-0.39, 0.29) is 19.5 Å². The van der Waals surface area contributed by atoms with Crippen molar-refractivity contribution in [3.05, 3.63) is 95.0 Å². The Morgan fingerprint density at radius 1 is 0.867 bits per heavy atom. The summed E-state index contributed by atoms with van der Waals surface area (Å²) in [7, 11) is 4.13. The number of hydrogen-bond acceptors (Lipinski definition) is 3. The van der Waals surface area contributed by atoms with Crippen LogP contribution >= 0.6 is 0 Å². The first kappa shape index (κ1) is 29.6. The fraction of sp³-hybridized carbons (Fsp3) is 0.250. The van der Waals surface area contributed by atoms with Crippen LogP contribution in [0.25, 0.3) is 22.2 Å². The second-order valence-corrected chi connectivity index (χ2v) is 6.08. The molecule has 0 bridgehead atoms. The summed E-state index contributed by atoms with van der Waals surface area (Å²) < 4.78 is 0. The molecular formula is C24H30N5Ru+. The third-order valence-corrected chi connectivity index (χ3v) is 3.11.